The van der Waals surface area contributed by atoms with Crippen LogP contribution in [0, 0.1) is 0 Å². The van der Waals surface area contributed by atoms with Gasteiger partial charge in [-0.25, -0.2) is 0 Å². The number of nitrogens with one attached hydrogen (secondary N) is 2. The van der Waals surface area contributed by atoms with E-state index in [1.54, 1.807) is 31.2 Å². The third-order valence-electron chi connectivity index (χ3n) is 4.02. The highest BCUT2D eigenvalue weighted by molar-refractivity contribution is 5.94. The number of rotatable bonds is 7. The summed E-state index contributed by atoms with van der Waals surface area (Å²) < 4.78 is 37.7. The maximum atomic E-state index is 12.6. The summed E-state index contributed by atoms with van der Waals surface area (Å²) in [6.07, 6.45) is -3.71. The summed E-state index contributed by atoms with van der Waals surface area (Å²) >= 11 is 0. The van der Waals surface area contributed by atoms with Crippen LogP contribution in [0.15, 0.2) is 54.6 Å². The van der Waals surface area contributed by atoms with Crippen LogP contribution in [0.1, 0.15) is 47.3 Å². The molecule has 0 radical (unpaired) electrons. The lowest BCUT2D eigenvalue weighted by Gasteiger charge is -2.15. The average molecular weight is 378 g/mol. The molecule has 2 N–H and O–H groups in total. The zero-order valence-corrected chi connectivity index (χ0v) is 14.8. The number of carbonyl (C=O) groups excluding carboxylic acids is 2. The van der Waals surface area contributed by atoms with Crippen molar-refractivity contribution < 1.29 is 22.8 Å². The molecule has 1 atom stereocenters. The van der Waals surface area contributed by atoms with Crippen molar-refractivity contribution in [1.82, 2.24) is 10.6 Å². The van der Waals surface area contributed by atoms with Gasteiger partial charge in [0.2, 0.25) is 5.91 Å². The molecule has 7 heteroatoms. The first-order valence-corrected chi connectivity index (χ1v) is 8.57. The maximum Gasteiger partial charge on any atom is 0.416 e. The van der Waals surface area contributed by atoms with Gasteiger partial charge in [-0.05, 0) is 43.2 Å². The molecule has 0 aliphatic rings. The highest BCUT2D eigenvalue weighted by Gasteiger charge is 2.30. The molecule has 4 nitrogen and oxygen atoms in total. The highest BCUT2D eigenvalue weighted by atomic mass is 19.4. The van der Waals surface area contributed by atoms with E-state index in [-0.39, 0.29) is 18.2 Å². The molecule has 2 rings (SSSR count). The minimum Gasteiger partial charge on any atom is -0.352 e. The summed E-state index contributed by atoms with van der Waals surface area (Å²) in [7, 11) is 0. The second-order valence-corrected chi connectivity index (χ2v) is 6.13. The Kier molecular flexibility index (Phi) is 6.98. The topological polar surface area (TPSA) is 58.2 Å². The fourth-order valence-corrected chi connectivity index (χ4v) is 2.50. The van der Waals surface area contributed by atoms with Crippen molar-refractivity contribution in [3.8, 4) is 0 Å². The van der Waals surface area contributed by atoms with Crippen molar-refractivity contribution in [2.45, 2.75) is 32.0 Å². The van der Waals surface area contributed by atoms with Crippen LogP contribution in [-0.4, -0.2) is 18.4 Å². The Morgan fingerprint density at radius 3 is 2.22 bits per heavy atom. The fraction of sp³-hybridized carbons (Fsp3) is 0.300. The Hall–Kier alpha value is -2.83. The van der Waals surface area contributed by atoms with Crippen LogP contribution >= 0.6 is 0 Å². The van der Waals surface area contributed by atoms with Gasteiger partial charge in [-0.1, -0.05) is 30.3 Å². The summed E-state index contributed by atoms with van der Waals surface area (Å²) in [6, 6.07) is 13.1. The molecule has 0 aliphatic heterocycles. The molecule has 0 heterocycles. The van der Waals surface area contributed by atoms with Gasteiger partial charge in [0.1, 0.15) is 0 Å². The Morgan fingerprint density at radius 1 is 1.00 bits per heavy atom. The number of hydrogen-bond acceptors (Lipinski definition) is 2. The molecule has 0 fully saturated rings. The van der Waals surface area contributed by atoms with E-state index in [9.17, 15) is 22.8 Å². The molecule has 0 aromatic heterocycles. The third-order valence-corrected chi connectivity index (χ3v) is 4.02. The third kappa shape index (κ3) is 6.44. The van der Waals surface area contributed by atoms with E-state index < -0.39 is 17.8 Å². The lowest BCUT2D eigenvalue weighted by Crippen LogP contribution is -2.29. The van der Waals surface area contributed by atoms with Gasteiger partial charge in [0.05, 0.1) is 11.6 Å². The molecule has 0 spiro atoms. The van der Waals surface area contributed by atoms with Crippen LogP contribution in [0.5, 0.6) is 0 Å². The molecule has 0 aliphatic carbocycles. The van der Waals surface area contributed by atoms with Crippen molar-refractivity contribution in [2.24, 2.45) is 0 Å². The fourth-order valence-electron chi connectivity index (χ4n) is 2.50. The van der Waals surface area contributed by atoms with E-state index in [4.69, 9.17) is 0 Å². The summed E-state index contributed by atoms with van der Waals surface area (Å²) in [6.45, 7) is 2.06. The van der Waals surface area contributed by atoms with Crippen LogP contribution < -0.4 is 10.6 Å². The van der Waals surface area contributed by atoms with Crippen LogP contribution in [0.2, 0.25) is 0 Å². The van der Waals surface area contributed by atoms with Gasteiger partial charge in [0.15, 0.2) is 0 Å². The monoisotopic (exact) mass is 378 g/mol. The molecular weight excluding hydrogens is 357 g/mol. The predicted molar refractivity (Wildman–Crippen MR) is 96.0 cm³/mol. The Balaban J connectivity index is 1.73. The first-order chi connectivity index (χ1) is 12.8. The van der Waals surface area contributed by atoms with Crippen molar-refractivity contribution >= 4 is 11.8 Å². The van der Waals surface area contributed by atoms with Gasteiger partial charge < -0.3 is 10.6 Å². The summed E-state index contributed by atoms with van der Waals surface area (Å²) in [5.41, 5.74) is 0.422. The second-order valence-electron chi connectivity index (χ2n) is 6.13. The van der Waals surface area contributed by atoms with Gasteiger partial charge in [-0.15, -0.1) is 0 Å². The maximum absolute atomic E-state index is 12.6. The van der Waals surface area contributed by atoms with Gasteiger partial charge in [-0.2, -0.15) is 13.2 Å². The number of carbonyl (C=O) groups is 2. The minimum atomic E-state index is -4.38. The van der Waals surface area contributed by atoms with E-state index in [0.29, 0.717) is 24.1 Å². The smallest absolute Gasteiger partial charge is 0.352 e. The van der Waals surface area contributed by atoms with Crippen molar-refractivity contribution in [1.29, 1.82) is 0 Å². The highest BCUT2D eigenvalue weighted by Crippen LogP contribution is 2.29. The van der Waals surface area contributed by atoms with Crippen LogP contribution in [0.3, 0.4) is 0 Å². The summed E-state index contributed by atoms with van der Waals surface area (Å²) in [5.74, 6) is -0.425. The van der Waals surface area contributed by atoms with Gasteiger partial charge in [0.25, 0.3) is 5.91 Å². The summed E-state index contributed by atoms with van der Waals surface area (Å²) in [4.78, 5) is 23.8. The van der Waals surface area contributed by atoms with Gasteiger partial charge in [-0.3, -0.25) is 9.59 Å². The van der Waals surface area contributed by atoms with E-state index in [1.165, 1.54) is 12.1 Å². The Labute approximate surface area is 155 Å². The predicted octanol–water partition coefficient (Wildman–Crippen LogP) is 4.09. The molecule has 2 amide bonds. The van der Waals surface area contributed by atoms with E-state index in [2.05, 4.69) is 10.6 Å². The molecule has 144 valence electrons. The molecule has 2 aromatic rings. The molecule has 2 aromatic carbocycles. The van der Waals surface area contributed by atoms with Gasteiger partial charge >= 0.3 is 6.18 Å². The zero-order valence-electron chi connectivity index (χ0n) is 14.8. The number of amides is 2. The number of hydrogen-bond donors (Lipinski definition) is 2. The van der Waals surface area contributed by atoms with E-state index in [0.717, 1.165) is 12.1 Å². The van der Waals surface area contributed by atoms with Crippen molar-refractivity contribution in [2.75, 3.05) is 6.54 Å². The summed E-state index contributed by atoms with van der Waals surface area (Å²) in [5, 5.41) is 5.48. The average Bonchev–Trinajstić information content (AvgIpc) is 2.65. The Bertz CT molecular complexity index is 759. The van der Waals surface area contributed by atoms with Crippen molar-refractivity contribution in [3.63, 3.8) is 0 Å². The Morgan fingerprint density at radius 2 is 1.63 bits per heavy atom. The number of alkyl halides is 3. The first-order valence-electron chi connectivity index (χ1n) is 8.57. The van der Waals surface area contributed by atoms with Crippen LogP contribution in [0.25, 0.3) is 0 Å². The SMILES string of the molecule is CC(NC(=O)CCCNC(=O)c1ccccc1)c1ccc(C(F)(F)F)cc1. The molecular formula is C20H21F3N2O2. The lowest BCUT2D eigenvalue weighted by atomic mass is 10.1. The van der Waals surface area contributed by atoms with E-state index >= 15 is 0 Å². The molecule has 0 saturated heterocycles. The van der Waals surface area contributed by atoms with E-state index in [1.807, 2.05) is 6.07 Å². The first kappa shape index (κ1) is 20.5. The molecule has 27 heavy (non-hydrogen) atoms. The largest absolute Gasteiger partial charge is 0.416 e. The zero-order chi connectivity index (χ0) is 19.9. The van der Waals surface area contributed by atoms with Crippen molar-refractivity contribution in [3.05, 3.63) is 71.3 Å². The van der Waals surface area contributed by atoms with Gasteiger partial charge in [0, 0.05) is 18.5 Å². The molecule has 0 bridgehead atoms. The second kappa shape index (κ2) is 9.21. The van der Waals surface area contributed by atoms with Crippen LogP contribution in [0.4, 0.5) is 13.2 Å². The minimum absolute atomic E-state index is 0.200. The molecule has 0 saturated carbocycles. The lowest BCUT2D eigenvalue weighted by molar-refractivity contribution is -0.137. The van der Waals surface area contributed by atoms with Crippen LogP contribution in [-0.2, 0) is 11.0 Å². The molecule has 1 unspecified atom stereocenters. The number of halogens is 3. The quantitative estimate of drug-likeness (QED) is 0.713. The number of benzene rings is 2. The normalized spacial score (nSPS) is 12.3. The standard InChI is InChI=1S/C20H21F3N2O2/c1-14(15-9-11-17(12-10-15)20(21,22)23)25-18(26)8-5-13-24-19(27)16-6-3-2-4-7-16/h2-4,6-7,9-12,14H,5,8,13H2,1H3,(H,24,27)(H,25,26).